The fourth-order valence-corrected chi connectivity index (χ4v) is 3.73. The van der Waals surface area contributed by atoms with Crippen molar-refractivity contribution in [3.05, 3.63) is 35.5 Å². The molecule has 1 saturated heterocycles. The molecule has 0 aliphatic carbocycles. The predicted octanol–water partition coefficient (Wildman–Crippen LogP) is 2.18. The zero-order valence-corrected chi connectivity index (χ0v) is 17.8. The molecule has 1 aliphatic rings. The van der Waals surface area contributed by atoms with E-state index in [1.807, 2.05) is 54.8 Å². The Morgan fingerprint density at radius 1 is 1.10 bits per heavy atom. The third-order valence-corrected chi connectivity index (χ3v) is 5.58. The quantitative estimate of drug-likeness (QED) is 0.746. The van der Waals surface area contributed by atoms with Crippen molar-refractivity contribution in [3.8, 4) is 5.75 Å². The zero-order chi connectivity index (χ0) is 21.0. The Morgan fingerprint density at radius 3 is 2.41 bits per heavy atom. The maximum absolute atomic E-state index is 13.1. The van der Waals surface area contributed by atoms with E-state index in [-0.39, 0.29) is 11.8 Å². The van der Waals surface area contributed by atoms with Gasteiger partial charge in [0.15, 0.2) is 0 Å². The van der Waals surface area contributed by atoms with Gasteiger partial charge in [-0.2, -0.15) is 0 Å². The Bertz CT molecular complexity index is 887. The average Bonchev–Trinajstić information content (AvgIpc) is 2.73. The van der Waals surface area contributed by atoms with Gasteiger partial charge in [-0.25, -0.2) is 0 Å². The molecule has 0 spiro atoms. The van der Waals surface area contributed by atoms with Gasteiger partial charge < -0.3 is 14.5 Å². The standard InChI is InChI=1S/C22H30N4O3/c1-5-25(6-2)21(27)15-24-9-11-26(12-10-24)22(28)19-13-17-7-8-18(29-4)14-20(17)23-16(19)3/h7-8,13-14H,5-6,9-12,15H2,1-4H3. The molecule has 2 aromatic rings. The monoisotopic (exact) mass is 398 g/mol. The number of aryl methyl sites for hydroxylation is 1. The summed E-state index contributed by atoms with van der Waals surface area (Å²) in [5, 5.41) is 0.920. The molecule has 2 amide bonds. The van der Waals surface area contributed by atoms with Crippen LogP contribution in [0.4, 0.5) is 0 Å². The largest absolute Gasteiger partial charge is 0.497 e. The Morgan fingerprint density at radius 2 is 1.79 bits per heavy atom. The highest BCUT2D eigenvalue weighted by molar-refractivity contribution is 5.98. The van der Waals surface area contributed by atoms with E-state index < -0.39 is 0 Å². The molecule has 1 aromatic heterocycles. The van der Waals surface area contributed by atoms with Gasteiger partial charge in [-0.3, -0.25) is 19.5 Å². The Labute approximate surface area is 172 Å². The number of pyridine rings is 1. The van der Waals surface area contributed by atoms with Crippen LogP contribution in [0.1, 0.15) is 29.9 Å². The normalized spacial score (nSPS) is 14.8. The Hall–Kier alpha value is -2.67. The van der Waals surface area contributed by atoms with Gasteiger partial charge in [-0.05, 0) is 39.0 Å². The number of piperazine rings is 1. The molecule has 156 valence electrons. The van der Waals surface area contributed by atoms with Gasteiger partial charge in [0.1, 0.15) is 5.75 Å². The van der Waals surface area contributed by atoms with Crippen molar-refractivity contribution in [2.45, 2.75) is 20.8 Å². The second-order valence-corrected chi connectivity index (χ2v) is 7.31. The summed E-state index contributed by atoms with van der Waals surface area (Å²) in [6, 6.07) is 7.59. The number of rotatable bonds is 6. The van der Waals surface area contributed by atoms with Crippen molar-refractivity contribution in [1.82, 2.24) is 19.7 Å². The molecule has 3 rings (SSSR count). The summed E-state index contributed by atoms with van der Waals surface area (Å²) in [4.78, 5) is 35.8. The fourth-order valence-electron chi connectivity index (χ4n) is 3.73. The minimum atomic E-state index is 0.00226. The van der Waals surface area contributed by atoms with Gasteiger partial charge in [-0.15, -0.1) is 0 Å². The number of amides is 2. The smallest absolute Gasteiger partial charge is 0.255 e. The molecule has 2 heterocycles. The number of likely N-dealkylation sites (N-methyl/N-ethyl adjacent to an activating group) is 1. The van der Waals surface area contributed by atoms with Crippen LogP contribution in [0.15, 0.2) is 24.3 Å². The van der Waals surface area contributed by atoms with Crippen LogP contribution in [0.3, 0.4) is 0 Å². The minimum absolute atomic E-state index is 0.00226. The summed E-state index contributed by atoms with van der Waals surface area (Å²) in [6.45, 7) is 10.4. The number of ether oxygens (including phenoxy) is 1. The fraction of sp³-hybridized carbons (Fsp3) is 0.500. The summed E-state index contributed by atoms with van der Waals surface area (Å²) in [5.41, 5.74) is 2.17. The van der Waals surface area contributed by atoms with Gasteiger partial charge in [0.25, 0.3) is 5.91 Å². The van der Waals surface area contributed by atoms with Crippen molar-refractivity contribution in [2.75, 3.05) is 52.9 Å². The summed E-state index contributed by atoms with van der Waals surface area (Å²) in [7, 11) is 1.63. The lowest BCUT2D eigenvalue weighted by atomic mass is 10.1. The number of carbonyl (C=O) groups excluding carboxylic acids is 2. The number of aromatic nitrogens is 1. The van der Waals surface area contributed by atoms with Crippen LogP contribution in [0, 0.1) is 6.92 Å². The number of carbonyl (C=O) groups is 2. The SMILES string of the molecule is CCN(CC)C(=O)CN1CCN(C(=O)c2cc3ccc(OC)cc3nc2C)CC1. The lowest BCUT2D eigenvalue weighted by Gasteiger charge is -2.35. The van der Waals surface area contributed by atoms with E-state index in [1.165, 1.54) is 0 Å². The van der Waals surface area contributed by atoms with Gasteiger partial charge >= 0.3 is 0 Å². The van der Waals surface area contributed by atoms with Crippen LogP contribution >= 0.6 is 0 Å². The van der Waals surface area contributed by atoms with E-state index in [0.29, 0.717) is 38.3 Å². The lowest BCUT2D eigenvalue weighted by molar-refractivity contribution is -0.132. The number of hydrogen-bond donors (Lipinski definition) is 0. The highest BCUT2D eigenvalue weighted by atomic mass is 16.5. The molecule has 29 heavy (non-hydrogen) atoms. The van der Waals surface area contributed by atoms with Crippen LogP contribution in [-0.4, -0.2) is 84.4 Å². The number of benzene rings is 1. The van der Waals surface area contributed by atoms with Gasteiger partial charge in [-0.1, -0.05) is 0 Å². The lowest BCUT2D eigenvalue weighted by Crippen LogP contribution is -2.51. The second kappa shape index (κ2) is 9.22. The van der Waals surface area contributed by atoms with E-state index in [0.717, 1.165) is 35.4 Å². The summed E-state index contributed by atoms with van der Waals surface area (Å²) < 4.78 is 5.25. The van der Waals surface area contributed by atoms with Gasteiger partial charge in [0.2, 0.25) is 5.91 Å². The molecule has 0 N–H and O–H groups in total. The maximum Gasteiger partial charge on any atom is 0.255 e. The van der Waals surface area contributed by atoms with Crippen LogP contribution in [-0.2, 0) is 4.79 Å². The topological polar surface area (TPSA) is 66.0 Å². The third kappa shape index (κ3) is 4.67. The third-order valence-electron chi connectivity index (χ3n) is 5.58. The van der Waals surface area contributed by atoms with Crippen molar-refractivity contribution in [1.29, 1.82) is 0 Å². The molecule has 1 fully saturated rings. The molecule has 0 bridgehead atoms. The van der Waals surface area contributed by atoms with Crippen LogP contribution in [0.2, 0.25) is 0 Å². The Balaban J connectivity index is 1.66. The highest BCUT2D eigenvalue weighted by Gasteiger charge is 2.25. The molecule has 1 aliphatic heterocycles. The van der Waals surface area contributed by atoms with Crippen molar-refractivity contribution < 1.29 is 14.3 Å². The first-order valence-corrected chi connectivity index (χ1v) is 10.2. The molecule has 0 saturated carbocycles. The number of methoxy groups -OCH3 is 1. The van der Waals surface area contributed by atoms with Crippen molar-refractivity contribution in [2.24, 2.45) is 0 Å². The summed E-state index contributed by atoms with van der Waals surface area (Å²) in [5.74, 6) is 0.904. The molecular weight excluding hydrogens is 368 g/mol. The molecule has 7 heteroatoms. The molecule has 7 nitrogen and oxygen atoms in total. The first-order chi connectivity index (χ1) is 14.0. The second-order valence-electron chi connectivity index (χ2n) is 7.31. The van der Waals surface area contributed by atoms with E-state index in [2.05, 4.69) is 9.88 Å². The van der Waals surface area contributed by atoms with Gasteiger partial charge in [0, 0.05) is 50.7 Å². The number of nitrogens with zero attached hydrogens (tertiary/aromatic N) is 4. The van der Waals surface area contributed by atoms with E-state index in [9.17, 15) is 9.59 Å². The predicted molar refractivity (Wildman–Crippen MR) is 113 cm³/mol. The van der Waals surface area contributed by atoms with Crippen LogP contribution < -0.4 is 4.74 Å². The zero-order valence-electron chi connectivity index (χ0n) is 17.8. The molecular formula is C22H30N4O3. The first-order valence-electron chi connectivity index (χ1n) is 10.2. The molecule has 0 atom stereocenters. The molecule has 0 unspecified atom stereocenters. The highest BCUT2D eigenvalue weighted by Crippen LogP contribution is 2.23. The van der Waals surface area contributed by atoms with E-state index >= 15 is 0 Å². The molecule has 1 aromatic carbocycles. The Kier molecular flexibility index (Phi) is 6.69. The number of fused-ring (bicyclic) bond motifs is 1. The first kappa shape index (κ1) is 21.0. The van der Waals surface area contributed by atoms with Crippen molar-refractivity contribution in [3.63, 3.8) is 0 Å². The minimum Gasteiger partial charge on any atom is -0.497 e. The van der Waals surface area contributed by atoms with Gasteiger partial charge in [0.05, 0.1) is 30.4 Å². The number of hydrogen-bond acceptors (Lipinski definition) is 5. The molecule has 0 radical (unpaired) electrons. The van der Waals surface area contributed by atoms with E-state index in [4.69, 9.17) is 4.74 Å². The van der Waals surface area contributed by atoms with Crippen LogP contribution in [0.5, 0.6) is 5.75 Å². The average molecular weight is 399 g/mol. The van der Waals surface area contributed by atoms with Crippen molar-refractivity contribution >= 4 is 22.7 Å². The summed E-state index contributed by atoms with van der Waals surface area (Å²) in [6.07, 6.45) is 0. The summed E-state index contributed by atoms with van der Waals surface area (Å²) >= 11 is 0. The van der Waals surface area contributed by atoms with Crippen LogP contribution in [0.25, 0.3) is 10.9 Å². The van der Waals surface area contributed by atoms with E-state index in [1.54, 1.807) is 7.11 Å². The maximum atomic E-state index is 13.1.